The predicted octanol–water partition coefficient (Wildman–Crippen LogP) is 4.44. The molecule has 0 heterocycles. The van der Waals surface area contributed by atoms with Gasteiger partial charge in [-0.2, -0.15) is 0 Å². The fourth-order valence-corrected chi connectivity index (χ4v) is 2.15. The third-order valence-corrected chi connectivity index (χ3v) is 2.91. The van der Waals surface area contributed by atoms with Gasteiger partial charge in [0.05, 0.1) is 0 Å². The highest BCUT2D eigenvalue weighted by Gasteiger charge is 2.03. The molecular weight excluding hydrogens is 192 g/mol. The van der Waals surface area contributed by atoms with Gasteiger partial charge >= 0.3 is 0 Å². The zero-order valence-electron chi connectivity index (χ0n) is 8.90. The van der Waals surface area contributed by atoms with Crippen molar-refractivity contribution in [3.05, 3.63) is 66.7 Å². The van der Waals surface area contributed by atoms with E-state index in [1.54, 1.807) is 0 Å². The molecule has 75 valence electrons. The maximum Gasteiger partial charge on any atom is -0.00141 e. The third kappa shape index (κ3) is 1.24. The minimum Gasteiger partial charge on any atom is -0.0984 e. The molecule has 1 radical (unpaired) electrons. The highest BCUT2D eigenvalue weighted by molar-refractivity contribution is 6.10. The van der Waals surface area contributed by atoms with Crippen LogP contribution in [-0.4, -0.2) is 0 Å². The maximum absolute atomic E-state index is 3.86. The van der Waals surface area contributed by atoms with Crippen LogP contribution in [0.1, 0.15) is 5.56 Å². The molecule has 0 fully saturated rings. The molecule has 16 heavy (non-hydrogen) atoms. The number of hydrogen-bond donors (Lipinski definition) is 0. The summed E-state index contributed by atoms with van der Waals surface area (Å²) in [6, 6.07) is 20.1. The summed E-state index contributed by atoms with van der Waals surface area (Å²) < 4.78 is 0. The van der Waals surface area contributed by atoms with Gasteiger partial charge in [0.2, 0.25) is 0 Å². The van der Waals surface area contributed by atoms with Gasteiger partial charge < -0.3 is 0 Å². The summed E-state index contributed by atoms with van der Waals surface area (Å²) in [5.74, 6) is 0. The van der Waals surface area contributed by atoms with Crippen LogP contribution in [0, 0.1) is 6.07 Å². The van der Waals surface area contributed by atoms with Crippen molar-refractivity contribution in [1.82, 2.24) is 0 Å². The van der Waals surface area contributed by atoms with Crippen molar-refractivity contribution in [2.45, 2.75) is 0 Å². The lowest BCUT2D eigenvalue weighted by Crippen LogP contribution is -1.82. The second kappa shape index (κ2) is 3.49. The van der Waals surface area contributed by atoms with Crippen molar-refractivity contribution in [3.8, 4) is 0 Å². The van der Waals surface area contributed by atoms with Gasteiger partial charge in [0.1, 0.15) is 0 Å². The summed E-state index contributed by atoms with van der Waals surface area (Å²) in [4.78, 5) is 0. The molecule has 0 spiro atoms. The molecule has 0 aromatic heterocycles. The highest BCUT2D eigenvalue weighted by atomic mass is 14.1. The van der Waals surface area contributed by atoms with Crippen LogP contribution in [0.25, 0.3) is 27.6 Å². The summed E-state index contributed by atoms with van der Waals surface area (Å²) in [5, 5.41) is 4.89. The van der Waals surface area contributed by atoms with E-state index in [1.165, 1.54) is 16.2 Å². The van der Waals surface area contributed by atoms with E-state index in [0.717, 1.165) is 10.9 Å². The van der Waals surface area contributed by atoms with Gasteiger partial charge in [-0.25, -0.2) is 0 Å². The minimum absolute atomic E-state index is 1.08. The highest BCUT2D eigenvalue weighted by Crippen LogP contribution is 2.28. The molecule has 0 unspecified atom stereocenters. The van der Waals surface area contributed by atoms with Crippen LogP contribution in [0.3, 0.4) is 0 Å². The first-order chi connectivity index (χ1) is 7.90. The average molecular weight is 203 g/mol. The lowest BCUT2D eigenvalue weighted by Gasteiger charge is -2.06. The lowest BCUT2D eigenvalue weighted by molar-refractivity contribution is 1.73. The minimum atomic E-state index is 1.08. The average Bonchev–Trinajstić information content (AvgIpc) is 2.38. The molecule has 0 saturated heterocycles. The maximum atomic E-state index is 3.86. The van der Waals surface area contributed by atoms with E-state index in [1.807, 2.05) is 12.1 Å². The predicted molar refractivity (Wildman–Crippen MR) is 70.4 cm³/mol. The van der Waals surface area contributed by atoms with Gasteiger partial charge in [-0.1, -0.05) is 61.2 Å². The van der Waals surface area contributed by atoms with Gasteiger partial charge in [0.25, 0.3) is 0 Å². The summed E-state index contributed by atoms with van der Waals surface area (Å²) >= 11 is 0. The first-order valence-corrected chi connectivity index (χ1v) is 5.35. The first-order valence-electron chi connectivity index (χ1n) is 5.35. The fourth-order valence-electron chi connectivity index (χ4n) is 2.15. The SMILES string of the molecule is C=Cc1[c]c2ccccc2c2ccccc12. The van der Waals surface area contributed by atoms with Crippen LogP contribution in [-0.2, 0) is 0 Å². The Labute approximate surface area is 94.8 Å². The van der Waals surface area contributed by atoms with Crippen LogP contribution in [0.5, 0.6) is 0 Å². The fraction of sp³-hybridized carbons (Fsp3) is 0. The molecular formula is C16H11. The van der Waals surface area contributed by atoms with E-state index >= 15 is 0 Å². The van der Waals surface area contributed by atoms with Gasteiger partial charge in [0.15, 0.2) is 0 Å². The topological polar surface area (TPSA) is 0 Å². The molecule has 0 saturated carbocycles. The van der Waals surface area contributed by atoms with Crippen molar-refractivity contribution in [2.75, 3.05) is 0 Å². The van der Waals surface area contributed by atoms with E-state index in [4.69, 9.17) is 0 Å². The second-order valence-corrected chi connectivity index (χ2v) is 3.83. The Morgan fingerprint density at radius 1 is 0.812 bits per heavy atom. The van der Waals surface area contributed by atoms with Gasteiger partial charge in [-0.05, 0) is 33.2 Å². The zero-order chi connectivity index (χ0) is 11.0. The number of rotatable bonds is 1. The monoisotopic (exact) mass is 203 g/mol. The molecule has 3 aromatic carbocycles. The third-order valence-electron chi connectivity index (χ3n) is 2.91. The van der Waals surface area contributed by atoms with Crippen LogP contribution in [0.15, 0.2) is 55.1 Å². The van der Waals surface area contributed by atoms with Crippen molar-refractivity contribution in [2.24, 2.45) is 0 Å². The van der Waals surface area contributed by atoms with Crippen molar-refractivity contribution in [3.63, 3.8) is 0 Å². The summed E-state index contributed by atoms with van der Waals surface area (Å²) in [6.07, 6.45) is 1.87. The molecule has 0 heteroatoms. The molecule has 3 rings (SSSR count). The Hall–Kier alpha value is -2.08. The van der Waals surface area contributed by atoms with Crippen molar-refractivity contribution in [1.29, 1.82) is 0 Å². The normalized spacial score (nSPS) is 10.8. The Balaban J connectivity index is 2.62. The van der Waals surface area contributed by atoms with Crippen LogP contribution in [0.4, 0.5) is 0 Å². The van der Waals surface area contributed by atoms with Crippen molar-refractivity contribution < 1.29 is 0 Å². The van der Waals surface area contributed by atoms with Gasteiger partial charge in [0, 0.05) is 0 Å². The molecule has 0 aliphatic heterocycles. The quantitative estimate of drug-likeness (QED) is 0.513. The van der Waals surface area contributed by atoms with Gasteiger partial charge in [-0.15, -0.1) is 0 Å². The summed E-state index contributed by atoms with van der Waals surface area (Å²) in [6.45, 7) is 3.86. The van der Waals surface area contributed by atoms with E-state index < -0.39 is 0 Å². The van der Waals surface area contributed by atoms with Crippen LogP contribution >= 0.6 is 0 Å². The number of hydrogen-bond acceptors (Lipinski definition) is 0. The van der Waals surface area contributed by atoms with Crippen LogP contribution in [0.2, 0.25) is 0 Å². The zero-order valence-corrected chi connectivity index (χ0v) is 8.90. The summed E-state index contributed by atoms with van der Waals surface area (Å²) in [5.41, 5.74) is 1.08. The van der Waals surface area contributed by atoms with Gasteiger partial charge in [-0.3, -0.25) is 0 Å². The van der Waals surface area contributed by atoms with E-state index in [2.05, 4.69) is 55.1 Å². The van der Waals surface area contributed by atoms with Crippen molar-refractivity contribution >= 4 is 27.6 Å². The lowest BCUT2D eigenvalue weighted by atomic mass is 9.97. The molecule has 3 aromatic rings. The molecule has 0 amide bonds. The second-order valence-electron chi connectivity index (χ2n) is 3.83. The summed E-state index contributed by atoms with van der Waals surface area (Å²) in [7, 11) is 0. The standard InChI is InChI=1S/C16H11/c1-2-12-11-13-7-3-4-9-15(13)16-10-6-5-8-14(12)16/h2-10H,1H2. The first kappa shape index (κ1) is 9.17. The Bertz CT molecular complexity index is 678. The van der Waals surface area contributed by atoms with E-state index in [-0.39, 0.29) is 0 Å². The van der Waals surface area contributed by atoms with E-state index in [9.17, 15) is 0 Å². The Morgan fingerprint density at radius 3 is 2.19 bits per heavy atom. The number of benzene rings is 3. The molecule has 0 atom stereocenters. The molecule has 0 aliphatic carbocycles. The smallest absolute Gasteiger partial charge is 0.00141 e. The molecule has 0 nitrogen and oxygen atoms in total. The molecule has 0 N–H and O–H groups in total. The molecule has 0 aliphatic rings. The van der Waals surface area contributed by atoms with E-state index in [0.29, 0.717) is 0 Å². The number of fused-ring (bicyclic) bond motifs is 3. The Kier molecular flexibility index (Phi) is 2.00. The molecule has 0 bridgehead atoms. The largest absolute Gasteiger partial charge is 0.0984 e. The Morgan fingerprint density at radius 2 is 1.44 bits per heavy atom. The van der Waals surface area contributed by atoms with Crippen LogP contribution < -0.4 is 0 Å².